The number of para-hydroxylation sites is 1. The molecule has 0 aliphatic heterocycles. The van der Waals surface area contributed by atoms with Crippen LogP contribution in [0, 0.1) is 17.8 Å². The van der Waals surface area contributed by atoms with Crippen LogP contribution in [0.3, 0.4) is 0 Å². The number of benzene rings is 1. The van der Waals surface area contributed by atoms with Crippen LogP contribution in [0.2, 0.25) is 0 Å². The van der Waals surface area contributed by atoms with Gasteiger partial charge in [0, 0.05) is 10.3 Å². The molecule has 1 aromatic rings. The third kappa shape index (κ3) is 3.38. The Morgan fingerprint density at radius 1 is 1.08 bits per heavy atom. The van der Waals surface area contributed by atoms with Crippen LogP contribution in [0.25, 0.3) is 0 Å². The first-order chi connectivity index (χ1) is 11.9. The predicted molar refractivity (Wildman–Crippen MR) is 103 cm³/mol. The maximum atomic E-state index is 12.8. The second-order valence-electron chi connectivity index (χ2n) is 8.45. The lowest BCUT2D eigenvalue weighted by molar-refractivity contribution is -0.115. The number of Topliss-reactive ketones (excluding diaryl/α,β-unsaturated/α-hetero) is 1. The highest BCUT2D eigenvalue weighted by Gasteiger charge is 2.52. The lowest BCUT2D eigenvalue weighted by Gasteiger charge is -2.57. The van der Waals surface area contributed by atoms with Crippen LogP contribution < -0.4 is 5.32 Å². The molecule has 1 amide bonds. The predicted octanol–water partition coefficient (Wildman–Crippen LogP) is 4.92. The van der Waals surface area contributed by atoms with Gasteiger partial charge in [0.2, 0.25) is 5.91 Å². The molecule has 4 aliphatic carbocycles. The number of hydrogen-bond acceptors (Lipinski definition) is 3. The number of carbonyl (C=O) groups is 2. The monoisotopic (exact) mass is 357 g/mol. The molecular weight excluding hydrogens is 330 g/mol. The van der Waals surface area contributed by atoms with Gasteiger partial charge in [0.1, 0.15) is 0 Å². The fourth-order valence-corrected chi connectivity index (χ4v) is 7.65. The second kappa shape index (κ2) is 6.46. The third-order valence-electron chi connectivity index (χ3n) is 6.34. The van der Waals surface area contributed by atoms with Crippen molar-refractivity contribution in [1.29, 1.82) is 0 Å². The fourth-order valence-electron chi connectivity index (χ4n) is 5.74. The number of anilines is 1. The fraction of sp³-hybridized carbons (Fsp3) is 0.619. The molecule has 1 N–H and O–H groups in total. The van der Waals surface area contributed by atoms with Crippen LogP contribution in [-0.2, 0) is 4.79 Å². The SMILES string of the molecule is CC(=O)c1ccccc1NC(=O)[C@H](C)SC12CC3CC(CC(C3)C1)C2. The molecule has 0 spiro atoms. The molecule has 4 fully saturated rings. The van der Waals surface area contributed by atoms with E-state index in [0.717, 1.165) is 17.8 Å². The molecule has 0 saturated heterocycles. The Hall–Kier alpha value is -1.29. The van der Waals surface area contributed by atoms with Gasteiger partial charge in [-0.1, -0.05) is 12.1 Å². The second-order valence-corrected chi connectivity index (χ2v) is 10.3. The highest BCUT2D eigenvalue weighted by Crippen LogP contribution is 2.61. The van der Waals surface area contributed by atoms with Crippen LogP contribution in [0.15, 0.2) is 24.3 Å². The molecule has 0 radical (unpaired) electrons. The van der Waals surface area contributed by atoms with Crippen molar-refractivity contribution in [2.45, 2.75) is 62.4 Å². The topological polar surface area (TPSA) is 46.2 Å². The first-order valence-electron chi connectivity index (χ1n) is 9.53. The Morgan fingerprint density at radius 2 is 1.64 bits per heavy atom. The van der Waals surface area contributed by atoms with Crippen LogP contribution in [-0.4, -0.2) is 21.7 Å². The third-order valence-corrected chi connectivity index (χ3v) is 7.91. The smallest absolute Gasteiger partial charge is 0.237 e. The van der Waals surface area contributed by atoms with Crippen LogP contribution in [0.1, 0.15) is 62.7 Å². The lowest BCUT2D eigenvalue weighted by Crippen LogP contribution is -2.49. The van der Waals surface area contributed by atoms with E-state index in [0.29, 0.717) is 16.0 Å². The van der Waals surface area contributed by atoms with Gasteiger partial charge in [0.05, 0.1) is 10.9 Å². The van der Waals surface area contributed by atoms with E-state index in [9.17, 15) is 9.59 Å². The van der Waals surface area contributed by atoms with Gasteiger partial charge in [0.25, 0.3) is 0 Å². The Balaban J connectivity index is 1.44. The van der Waals surface area contributed by atoms with Gasteiger partial charge in [-0.05, 0) is 82.3 Å². The molecule has 4 saturated carbocycles. The zero-order valence-electron chi connectivity index (χ0n) is 15.1. The maximum Gasteiger partial charge on any atom is 0.237 e. The molecule has 134 valence electrons. The number of rotatable bonds is 5. The summed E-state index contributed by atoms with van der Waals surface area (Å²) in [6.45, 7) is 3.56. The lowest BCUT2D eigenvalue weighted by atomic mass is 9.56. The number of thioether (sulfide) groups is 1. The van der Waals surface area contributed by atoms with Crippen molar-refractivity contribution in [1.82, 2.24) is 0 Å². The summed E-state index contributed by atoms with van der Waals surface area (Å²) >= 11 is 1.90. The van der Waals surface area contributed by atoms with E-state index in [1.54, 1.807) is 13.0 Å². The Bertz CT molecular complexity index is 664. The summed E-state index contributed by atoms with van der Waals surface area (Å²) in [5, 5.41) is 2.91. The highest BCUT2D eigenvalue weighted by atomic mass is 32.2. The molecular formula is C21H27NO2S. The van der Waals surface area contributed by atoms with Crippen molar-refractivity contribution in [2.75, 3.05) is 5.32 Å². The summed E-state index contributed by atoms with van der Waals surface area (Å²) in [4.78, 5) is 24.5. The van der Waals surface area contributed by atoms with E-state index in [1.165, 1.54) is 38.5 Å². The minimum atomic E-state index is -0.0868. The Labute approximate surface area is 154 Å². The van der Waals surface area contributed by atoms with Gasteiger partial charge in [-0.2, -0.15) is 0 Å². The van der Waals surface area contributed by atoms with Gasteiger partial charge in [0.15, 0.2) is 5.78 Å². The maximum absolute atomic E-state index is 12.8. The normalized spacial score (nSPS) is 33.9. The molecule has 1 atom stereocenters. The van der Waals surface area contributed by atoms with Crippen molar-refractivity contribution in [3.05, 3.63) is 29.8 Å². The zero-order valence-corrected chi connectivity index (χ0v) is 15.9. The van der Waals surface area contributed by atoms with Crippen LogP contribution in [0.4, 0.5) is 5.69 Å². The number of ketones is 1. The summed E-state index contributed by atoms with van der Waals surface area (Å²) in [5.74, 6) is 2.69. The minimum Gasteiger partial charge on any atom is -0.324 e. The van der Waals surface area contributed by atoms with E-state index < -0.39 is 0 Å². The molecule has 0 heterocycles. The Kier molecular flexibility index (Phi) is 4.43. The van der Waals surface area contributed by atoms with Gasteiger partial charge in [-0.3, -0.25) is 9.59 Å². The first-order valence-corrected chi connectivity index (χ1v) is 10.4. The van der Waals surface area contributed by atoms with Gasteiger partial charge >= 0.3 is 0 Å². The molecule has 1 aromatic carbocycles. The van der Waals surface area contributed by atoms with E-state index in [1.807, 2.05) is 36.9 Å². The summed E-state index contributed by atoms with van der Waals surface area (Å²) in [5.41, 5.74) is 1.22. The molecule has 3 nitrogen and oxygen atoms in total. The summed E-state index contributed by atoms with van der Waals surface area (Å²) < 4.78 is 0.325. The van der Waals surface area contributed by atoms with E-state index in [2.05, 4.69) is 5.32 Å². The van der Waals surface area contributed by atoms with Gasteiger partial charge in [-0.15, -0.1) is 11.8 Å². The van der Waals surface area contributed by atoms with Gasteiger partial charge < -0.3 is 5.32 Å². The highest BCUT2D eigenvalue weighted by molar-refractivity contribution is 8.01. The summed E-state index contributed by atoms with van der Waals surface area (Å²) in [6, 6.07) is 7.28. The van der Waals surface area contributed by atoms with E-state index >= 15 is 0 Å². The molecule has 4 bridgehead atoms. The minimum absolute atomic E-state index is 0.0164. The number of nitrogens with one attached hydrogen (secondary N) is 1. The number of amides is 1. The van der Waals surface area contributed by atoms with Crippen LogP contribution in [0.5, 0.6) is 0 Å². The molecule has 0 unspecified atom stereocenters. The van der Waals surface area contributed by atoms with Crippen LogP contribution >= 0.6 is 11.8 Å². The Morgan fingerprint density at radius 3 is 2.20 bits per heavy atom. The average molecular weight is 358 g/mol. The standard InChI is InChI=1S/C21H27NO2S/c1-13(23)18-5-3-4-6-19(18)22-20(24)14(2)25-21-10-15-7-16(11-21)9-17(8-15)12-21/h3-6,14-17H,7-12H2,1-2H3,(H,22,24)/t14-,15?,16?,17?,21?/m0/s1. The average Bonchev–Trinajstić information content (AvgIpc) is 2.53. The number of hydrogen-bond donors (Lipinski definition) is 1. The van der Waals surface area contributed by atoms with Crippen molar-refractivity contribution < 1.29 is 9.59 Å². The number of carbonyl (C=O) groups excluding carboxylic acids is 2. The summed E-state index contributed by atoms with van der Waals surface area (Å²) in [6.07, 6.45) is 8.16. The van der Waals surface area contributed by atoms with Crippen molar-refractivity contribution >= 4 is 29.1 Å². The quantitative estimate of drug-likeness (QED) is 0.761. The van der Waals surface area contributed by atoms with Crippen molar-refractivity contribution in [3.8, 4) is 0 Å². The van der Waals surface area contributed by atoms with Crippen molar-refractivity contribution in [3.63, 3.8) is 0 Å². The molecule has 25 heavy (non-hydrogen) atoms. The molecule has 4 heteroatoms. The largest absolute Gasteiger partial charge is 0.324 e. The first kappa shape index (κ1) is 17.1. The molecule has 4 aliphatic rings. The molecule has 0 aromatic heterocycles. The van der Waals surface area contributed by atoms with E-state index in [-0.39, 0.29) is 16.9 Å². The van der Waals surface area contributed by atoms with Gasteiger partial charge in [-0.25, -0.2) is 0 Å². The zero-order chi connectivity index (χ0) is 17.6. The molecule has 5 rings (SSSR count). The van der Waals surface area contributed by atoms with E-state index in [4.69, 9.17) is 0 Å². The summed E-state index contributed by atoms with van der Waals surface area (Å²) in [7, 11) is 0. The van der Waals surface area contributed by atoms with Crippen molar-refractivity contribution in [2.24, 2.45) is 17.8 Å².